The van der Waals surface area contributed by atoms with Crippen LogP contribution in [0.5, 0.6) is 0 Å². The maximum Gasteiger partial charge on any atom is 0.311 e. The van der Waals surface area contributed by atoms with Crippen LogP contribution in [0.1, 0.15) is 68.6 Å². The molecule has 31 heavy (non-hydrogen) atoms. The first-order chi connectivity index (χ1) is 15.0. The molecule has 0 aliphatic heterocycles. The van der Waals surface area contributed by atoms with Crippen molar-refractivity contribution in [1.82, 2.24) is 10.1 Å². The Morgan fingerprint density at radius 2 is 1.77 bits per heavy atom. The first-order valence-corrected chi connectivity index (χ1v) is 11.7. The van der Waals surface area contributed by atoms with E-state index in [0.29, 0.717) is 40.4 Å². The summed E-state index contributed by atoms with van der Waals surface area (Å²) in [5.74, 6) is 1.23. The number of hydrogen-bond donors (Lipinski definition) is 0. The Morgan fingerprint density at radius 3 is 2.35 bits per heavy atom. The molecule has 0 radical (unpaired) electrons. The lowest BCUT2D eigenvalue weighted by molar-refractivity contribution is -0.165. The van der Waals surface area contributed by atoms with Crippen LogP contribution in [0.3, 0.4) is 0 Å². The van der Waals surface area contributed by atoms with E-state index in [2.05, 4.69) is 10.1 Å². The van der Waals surface area contributed by atoms with E-state index in [4.69, 9.17) is 37.2 Å². The predicted octanol–water partition coefficient (Wildman–Crippen LogP) is 5.95. The summed E-state index contributed by atoms with van der Waals surface area (Å²) in [6.45, 7) is 1.07. The van der Waals surface area contributed by atoms with E-state index in [1.807, 2.05) is 0 Å². The smallest absolute Gasteiger partial charge is 0.311 e. The number of fused-ring (bicyclic) bond motifs is 3. The van der Waals surface area contributed by atoms with E-state index >= 15 is 0 Å². The number of carbonyl (C=O) groups excluding carboxylic acids is 1. The topological polar surface area (TPSA) is 74.5 Å². The molecule has 166 valence electrons. The molecule has 4 saturated carbocycles. The molecule has 6 rings (SSSR count). The molecule has 0 aromatic carbocycles. The van der Waals surface area contributed by atoms with Crippen LogP contribution in [0.2, 0.25) is 10.0 Å². The van der Waals surface area contributed by atoms with E-state index < -0.39 is 0 Å². The second-order valence-electron chi connectivity index (χ2n) is 9.39. The monoisotopic (exact) mass is 464 g/mol. The molecular formula is C23H26Cl2N2O4. The summed E-state index contributed by atoms with van der Waals surface area (Å²) >= 11 is 12.8. The molecule has 2 aromatic heterocycles. The standard InChI is InChI=1S/C23H26Cl2N2O4/c1-29-21(28)23-7-4-22(5-8-23,6-9-23)13-30-12-15-19(27-31-20(15)14-2-3-14)18-16(24)10-26-11-17(18)25/h10-11,14H,2-9,12-13H2,1H3. The van der Waals surface area contributed by atoms with Gasteiger partial charge in [0.25, 0.3) is 0 Å². The van der Waals surface area contributed by atoms with Crippen molar-refractivity contribution in [3.8, 4) is 11.3 Å². The Bertz CT molecular complexity index is 957. The van der Waals surface area contributed by atoms with Gasteiger partial charge in [-0.1, -0.05) is 28.4 Å². The number of esters is 1. The fraction of sp³-hybridized carbons (Fsp3) is 0.609. The van der Waals surface area contributed by atoms with Crippen molar-refractivity contribution < 1.29 is 18.8 Å². The third-order valence-corrected chi connectivity index (χ3v) is 8.10. The molecule has 4 aliphatic rings. The maximum atomic E-state index is 12.3. The molecular weight excluding hydrogens is 439 g/mol. The molecule has 2 bridgehead atoms. The largest absolute Gasteiger partial charge is 0.469 e. The summed E-state index contributed by atoms with van der Waals surface area (Å²) in [6.07, 6.45) is 11.0. The van der Waals surface area contributed by atoms with Crippen LogP contribution >= 0.6 is 23.2 Å². The Morgan fingerprint density at radius 1 is 1.13 bits per heavy atom. The minimum absolute atomic E-state index is 0.0454. The molecule has 8 heteroatoms. The maximum absolute atomic E-state index is 12.3. The van der Waals surface area contributed by atoms with Gasteiger partial charge in [-0.15, -0.1) is 0 Å². The summed E-state index contributed by atoms with van der Waals surface area (Å²) in [7, 11) is 1.49. The minimum Gasteiger partial charge on any atom is -0.469 e. The molecule has 2 aromatic rings. The van der Waals surface area contributed by atoms with Crippen LogP contribution in [0.15, 0.2) is 16.9 Å². The van der Waals surface area contributed by atoms with E-state index in [1.165, 1.54) is 7.11 Å². The molecule has 6 nitrogen and oxygen atoms in total. The van der Waals surface area contributed by atoms with Crippen molar-refractivity contribution >= 4 is 29.2 Å². The molecule has 4 fully saturated rings. The summed E-state index contributed by atoms with van der Waals surface area (Å²) in [4.78, 5) is 16.3. The molecule has 2 heterocycles. The Kier molecular flexibility index (Phi) is 5.51. The number of ether oxygens (including phenoxy) is 2. The van der Waals surface area contributed by atoms with Gasteiger partial charge >= 0.3 is 5.97 Å². The third-order valence-electron chi connectivity index (χ3n) is 7.53. The van der Waals surface area contributed by atoms with E-state index in [1.54, 1.807) is 12.4 Å². The summed E-state index contributed by atoms with van der Waals surface area (Å²) in [6, 6.07) is 0. The third kappa shape index (κ3) is 3.77. The lowest BCUT2D eigenvalue weighted by Crippen LogP contribution is -2.48. The SMILES string of the molecule is COC(=O)C12CCC(COCc3c(-c4c(Cl)cncc4Cl)noc3C3CC3)(CC1)CC2. The van der Waals surface area contributed by atoms with Gasteiger partial charge in [0.1, 0.15) is 11.5 Å². The van der Waals surface area contributed by atoms with Gasteiger partial charge in [-0.05, 0) is 56.8 Å². The number of methoxy groups -OCH3 is 1. The van der Waals surface area contributed by atoms with Crippen LogP contribution in [0, 0.1) is 10.8 Å². The molecule has 4 aliphatic carbocycles. The lowest BCUT2D eigenvalue weighted by atomic mass is 9.54. The number of pyridine rings is 1. The Balaban J connectivity index is 1.32. The van der Waals surface area contributed by atoms with Crippen molar-refractivity contribution in [3.05, 3.63) is 33.8 Å². The molecule has 0 N–H and O–H groups in total. The average molecular weight is 465 g/mol. The first kappa shape index (κ1) is 21.2. The number of hydrogen-bond acceptors (Lipinski definition) is 6. The van der Waals surface area contributed by atoms with E-state index in [0.717, 1.165) is 62.7 Å². The molecule has 0 saturated heterocycles. The first-order valence-electron chi connectivity index (χ1n) is 10.9. The van der Waals surface area contributed by atoms with Crippen LogP contribution in [-0.4, -0.2) is 29.8 Å². The van der Waals surface area contributed by atoms with Crippen molar-refractivity contribution in [2.24, 2.45) is 10.8 Å². The zero-order valence-electron chi connectivity index (χ0n) is 17.6. The fourth-order valence-corrected chi connectivity index (χ4v) is 5.88. The quantitative estimate of drug-likeness (QED) is 0.471. The highest BCUT2D eigenvalue weighted by atomic mass is 35.5. The molecule has 0 spiro atoms. The zero-order chi connectivity index (χ0) is 21.6. The zero-order valence-corrected chi connectivity index (χ0v) is 19.1. The highest BCUT2D eigenvalue weighted by Crippen LogP contribution is 2.57. The summed E-state index contributed by atoms with van der Waals surface area (Å²) in [5, 5.41) is 5.21. The summed E-state index contributed by atoms with van der Waals surface area (Å²) in [5.41, 5.74) is 2.09. The van der Waals surface area contributed by atoms with Crippen molar-refractivity contribution in [2.45, 2.75) is 63.9 Å². The van der Waals surface area contributed by atoms with Gasteiger partial charge < -0.3 is 14.0 Å². The second-order valence-corrected chi connectivity index (χ2v) is 10.2. The fourth-order valence-electron chi connectivity index (χ4n) is 5.33. The number of carbonyl (C=O) groups is 1. The number of aromatic nitrogens is 2. The van der Waals surface area contributed by atoms with Crippen molar-refractivity contribution in [3.63, 3.8) is 0 Å². The minimum atomic E-state index is -0.272. The van der Waals surface area contributed by atoms with E-state index in [9.17, 15) is 4.79 Å². The van der Waals surface area contributed by atoms with Gasteiger partial charge in [-0.3, -0.25) is 9.78 Å². The second kappa shape index (κ2) is 8.05. The van der Waals surface area contributed by atoms with Crippen LogP contribution in [0.4, 0.5) is 0 Å². The van der Waals surface area contributed by atoms with Crippen molar-refractivity contribution in [2.75, 3.05) is 13.7 Å². The predicted molar refractivity (Wildman–Crippen MR) is 116 cm³/mol. The highest BCUT2D eigenvalue weighted by Gasteiger charge is 2.53. The van der Waals surface area contributed by atoms with Gasteiger partial charge in [-0.25, -0.2) is 0 Å². The molecule has 0 amide bonds. The normalized spacial score (nSPS) is 27.5. The number of rotatable bonds is 7. The molecule has 0 unspecified atom stereocenters. The van der Waals surface area contributed by atoms with Gasteiger partial charge in [0.2, 0.25) is 0 Å². The molecule has 0 atom stereocenters. The van der Waals surface area contributed by atoms with Gasteiger partial charge in [-0.2, -0.15) is 0 Å². The highest BCUT2D eigenvalue weighted by molar-refractivity contribution is 6.38. The Labute approximate surface area is 191 Å². The van der Waals surface area contributed by atoms with Gasteiger partial charge in [0.05, 0.1) is 35.8 Å². The van der Waals surface area contributed by atoms with Gasteiger partial charge in [0.15, 0.2) is 0 Å². The average Bonchev–Trinajstić information content (AvgIpc) is 3.55. The van der Waals surface area contributed by atoms with Gasteiger partial charge in [0, 0.05) is 29.4 Å². The van der Waals surface area contributed by atoms with E-state index in [-0.39, 0.29) is 16.8 Å². The van der Waals surface area contributed by atoms with Crippen LogP contribution in [-0.2, 0) is 20.9 Å². The summed E-state index contributed by atoms with van der Waals surface area (Å²) < 4.78 is 17.1. The number of nitrogens with zero attached hydrogens (tertiary/aromatic N) is 2. The lowest BCUT2D eigenvalue weighted by Gasteiger charge is -2.51. The Hall–Kier alpha value is -1.63. The van der Waals surface area contributed by atoms with Crippen LogP contribution in [0.25, 0.3) is 11.3 Å². The van der Waals surface area contributed by atoms with Crippen molar-refractivity contribution in [1.29, 1.82) is 0 Å². The number of halogens is 2. The van der Waals surface area contributed by atoms with Crippen LogP contribution < -0.4 is 0 Å².